The van der Waals surface area contributed by atoms with Crippen molar-refractivity contribution in [2.45, 2.75) is 125 Å². The van der Waals surface area contributed by atoms with E-state index in [1.807, 2.05) is 84.9 Å². The zero-order chi connectivity index (χ0) is 61.4. The average molecular weight is 1190 g/mol. The molecule has 0 radical (unpaired) electrons. The van der Waals surface area contributed by atoms with Crippen LogP contribution >= 0.6 is 23.2 Å². The van der Waals surface area contributed by atoms with Crippen molar-refractivity contribution in [2.24, 2.45) is 5.73 Å². The molecule has 0 fully saturated rings. The van der Waals surface area contributed by atoms with E-state index in [0.29, 0.717) is 62.6 Å². The molecule has 0 aliphatic heterocycles. The molecule has 0 aliphatic rings. The van der Waals surface area contributed by atoms with E-state index in [2.05, 4.69) is 68.7 Å². The van der Waals surface area contributed by atoms with E-state index in [4.69, 9.17) is 38.4 Å². The zero-order valence-electron chi connectivity index (χ0n) is 47.9. The molecule has 7 rings (SSSR count). The van der Waals surface area contributed by atoms with Crippen molar-refractivity contribution < 1.29 is 58.7 Å². The highest BCUT2D eigenvalue weighted by Gasteiger charge is 2.13. The van der Waals surface area contributed by atoms with Crippen molar-refractivity contribution in [1.82, 2.24) is 10.6 Å². The van der Waals surface area contributed by atoms with Gasteiger partial charge in [0.25, 0.3) is 0 Å². The summed E-state index contributed by atoms with van der Waals surface area (Å²) in [7, 11) is 0. The largest absolute Gasteiger partial charge is 0.504 e. The van der Waals surface area contributed by atoms with Crippen molar-refractivity contribution in [3.05, 3.63) is 213 Å². The number of hydrogen-bond donors (Lipinski definition) is 7. The van der Waals surface area contributed by atoms with E-state index in [-0.39, 0.29) is 97.9 Å². The maximum Gasteiger partial charge on any atom is 0.222 e. The van der Waals surface area contributed by atoms with Gasteiger partial charge >= 0.3 is 0 Å². The Morgan fingerprint density at radius 2 is 0.786 bits per heavy atom. The predicted octanol–water partition coefficient (Wildman–Crippen LogP) is 12.2. The van der Waals surface area contributed by atoms with E-state index in [1.54, 1.807) is 12.1 Å². The topological polar surface area (TPSA) is 252 Å². The fraction of sp³-hybridized carbons (Fsp3) is 0.284. The molecule has 0 spiro atoms. The number of rotatable bonds is 26. The smallest absolute Gasteiger partial charge is 0.222 e. The Labute approximate surface area is 501 Å². The van der Waals surface area contributed by atoms with Crippen LogP contribution in [0.2, 0.25) is 0 Å². The summed E-state index contributed by atoms with van der Waals surface area (Å²) in [6.45, 7) is 10.5. The Morgan fingerprint density at radius 3 is 1.24 bits per heavy atom. The zero-order valence-corrected chi connectivity index (χ0v) is 49.4. The summed E-state index contributed by atoms with van der Waals surface area (Å²) in [6.07, 6.45) is 2.25. The highest BCUT2D eigenvalue weighted by Crippen LogP contribution is 2.31. The lowest BCUT2D eigenvalue weighted by atomic mass is 10.0. The van der Waals surface area contributed by atoms with E-state index >= 15 is 0 Å². The predicted molar refractivity (Wildman–Crippen MR) is 327 cm³/mol. The summed E-state index contributed by atoms with van der Waals surface area (Å²) in [6, 6.07) is 46.9. The fourth-order valence-corrected chi connectivity index (χ4v) is 7.95. The minimum absolute atomic E-state index is 0.0316. The second kappa shape index (κ2) is 36.9. The van der Waals surface area contributed by atoms with Gasteiger partial charge < -0.3 is 46.3 Å². The molecule has 8 N–H and O–H groups in total. The number of ether oxygens (including phenoxy) is 2. The maximum atomic E-state index is 12.6. The first-order chi connectivity index (χ1) is 40.2. The molecule has 17 heteroatoms. The Bertz CT molecular complexity index is 3180. The first-order valence-corrected chi connectivity index (χ1v) is 28.2. The number of benzene rings is 7. The number of phenolic OH excluding ortho intramolecular Hbond substituents is 4. The van der Waals surface area contributed by atoms with Gasteiger partial charge in [-0.3, -0.25) is 28.8 Å². The summed E-state index contributed by atoms with van der Waals surface area (Å²) >= 11 is 9.74. The molecule has 84 heavy (non-hydrogen) atoms. The summed E-state index contributed by atoms with van der Waals surface area (Å²) < 4.78 is 12.2. The first-order valence-electron chi connectivity index (χ1n) is 27.4. The van der Waals surface area contributed by atoms with Crippen LogP contribution in [0.5, 0.6) is 34.5 Å². The minimum atomic E-state index is -0.529. The third-order valence-corrected chi connectivity index (χ3v) is 13.5. The number of nitrogens with one attached hydrogen (secondary N) is 2. The van der Waals surface area contributed by atoms with Gasteiger partial charge in [0, 0.05) is 71.0 Å². The molecule has 0 unspecified atom stereocenters. The monoisotopic (exact) mass is 1180 g/mol. The quantitative estimate of drug-likeness (QED) is 0.0197. The number of aryl methyl sites for hydroxylation is 6. The lowest BCUT2D eigenvalue weighted by Gasteiger charge is -2.15. The van der Waals surface area contributed by atoms with Crippen molar-refractivity contribution in [2.75, 3.05) is 0 Å². The van der Waals surface area contributed by atoms with Crippen molar-refractivity contribution >= 4 is 57.1 Å². The van der Waals surface area contributed by atoms with E-state index in [0.717, 1.165) is 27.8 Å². The summed E-state index contributed by atoms with van der Waals surface area (Å²) in [4.78, 5) is 68.3. The van der Waals surface area contributed by atoms with Crippen LogP contribution in [-0.2, 0) is 74.5 Å². The number of phenols is 4. The van der Waals surface area contributed by atoms with E-state index in [9.17, 15) is 49.2 Å². The molecule has 444 valence electrons. The van der Waals surface area contributed by atoms with Crippen molar-refractivity contribution in [1.29, 1.82) is 0 Å². The molecule has 7 aromatic carbocycles. The van der Waals surface area contributed by atoms with Crippen LogP contribution in [-0.4, -0.2) is 54.3 Å². The van der Waals surface area contributed by atoms with Gasteiger partial charge in [0.2, 0.25) is 22.3 Å². The number of carbonyl (C=O) groups excluding carboxylic acids is 6. The van der Waals surface area contributed by atoms with Gasteiger partial charge in [0.05, 0.1) is 0 Å². The standard InChI is InChI=1S/C35H37NO4.C19H21NO6.C9H13N.C4H4Cl2O2/c1-26-13-14-31(21-27(26)2)23-36-35(38)20-18-32(37)17-15-28-16-19-33(39-24-29-9-5-3-6-10-29)34(22-28)40-25-30-11-7-4-8-12-30;21-14(4-1-12-2-6-15(22)17(24)9-12)5-8-19(26)20-11-13-3-7-16(23)18(25)10-13;1-7-3-4-9(6-10)5-8(7)2;5-3(7)1-2-4(6)8/h3-14,16,19,21-22H,15,17-18,20,23-25H2,1-2H3,(H,36,38);2-3,6-7,9-10,22-25H,1,4-5,8,11H2,(H,20,26);3-5H,6,10H2,1-2H3;1-2H2. The molecule has 0 atom stereocenters. The van der Waals surface area contributed by atoms with E-state index < -0.39 is 10.5 Å². The van der Waals surface area contributed by atoms with Gasteiger partial charge in [-0.25, -0.2) is 0 Å². The Morgan fingerprint density at radius 1 is 0.393 bits per heavy atom. The van der Waals surface area contributed by atoms with Crippen LogP contribution in [0.25, 0.3) is 0 Å². The number of amides is 2. The second-order valence-corrected chi connectivity index (χ2v) is 20.7. The summed E-state index contributed by atoms with van der Waals surface area (Å²) in [5, 5.41) is 41.8. The molecular weight excluding hydrogens is 1110 g/mol. The Kier molecular flexibility index (Phi) is 29.8. The molecule has 15 nitrogen and oxygen atoms in total. The number of nitrogens with two attached hydrogens (primary N) is 1. The first kappa shape index (κ1) is 68.0. The minimum Gasteiger partial charge on any atom is -0.504 e. The van der Waals surface area contributed by atoms with Gasteiger partial charge in [-0.2, -0.15) is 0 Å². The Balaban J connectivity index is 0.000000291. The van der Waals surface area contributed by atoms with Crippen LogP contribution < -0.4 is 25.8 Å². The van der Waals surface area contributed by atoms with Gasteiger partial charge in [-0.15, -0.1) is 0 Å². The number of carbonyl (C=O) groups is 6. The fourth-order valence-electron chi connectivity index (χ4n) is 7.76. The molecule has 2 amide bonds. The molecule has 0 saturated carbocycles. The normalized spacial score (nSPS) is 10.3. The summed E-state index contributed by atoms with van der Waals surface area (Å²) in [5.74, 6) is -0.0115. The average Bonchev–Trinajstić information content (AvgIpc) is 3.51. The van der Waals surface area contributed by atoms with Crippen LogP contribution in [0.3, 0.4) is 0 Å². The molecule has 7 aromatic rings. The molecule has 0 bridgehead atoms. The molecular formula is C67H75Cl2N3O12. The molecule has 0 aliphatic carbocycles. The van der Waals surface area contributed by atoms with Gasteiger partial charge in [0.1, 0.15) is 24.8 Å². The van der Waals surface area contributed by atoms with Crippen molar-refractivity contribution in [3.63, 3.8) is 0 Å². The number of aromatic hydroxyl groups is 4. The third-order valence-electron chi connectivity index (χ3n) is 13.1. The highest BCUT2D eigenvalue weighted by atomic mass is 35.5. The third kappa shape index (κ3) is 27.1. The molecule has 0 aromatic heterocycles. The number of ketones is 2. The maximum absolute atomic E-state index is 12.6. The molecule has 0 saturated heterocycles. The lowest BCUT2D eigenvalue weighted by Crippen LogP contribution is -2.23. The van der Waals surface area contributed by atoms with Crippen LogP contribution in [0, 0.1) is 27.7 Å². The van der Waals surface area contributed by atoms with Gasteiger partial charge in [-0.1, -0.05) is 115 Å². The lowest BCUT2D eigenvalue weighted by molar-refractivity contribution is -0.125. The van der Waals surface area contributed by atoms with Gasteiger partial charge in [0.15, 0.2) is 34.5 Å². The van der Waals surface area contributed by atoms with Crippen LogP contribution in [0.4, 0.5) is 0 Å². The molecule has 0 heterocycles. The van der Waals surface area contributed by atoms with Gasteiger partial charge in [-0.05, 0) is 161 Å². The Hall–Kier alpha value is -8.50. The number of Topliss-reactive ketones (excluding diaryl/α,β-unsaturated/α-hetero) is 2. The van der Waals surface area contributed by atoms with Crippen LogP contribution in [0.15, 0.2) is 152 Å². The highest BCUT2D eigenvalue weighted by molar-refractivity contribution is 6.66. The SMILES string of the molecule is Cc1ccc(CN)cc1C.Cc1ccc(CNC(=O)CCC(=O)CCc2ccc(OCc3ccccc3)c(OCc3ccccc3)c2)cc1C.O=C(CCC(=O)NCc1ccc(O)c(O)c1)CCc1ccc(O)c(O)c1.O=C(Cl)CCC(=O)Cl. The summed E-state index contributed by atoms with van der Waals surface area (Å²) in [5.41, 5.74) is 17.3. The van der Waals surface area contributed by atoms with Crippen LogP contribution in [0.1, 0.15) is 113 Å². The number of halogens is 2. The number of hydrogen-bond acceptors (Lipinski definition) is 13. The van der Waals surface area contributed by atoms with E-state index in [1.165, 1.54) is 52.1 Å². The second-order valence-electron chi connectivity index (χ2n) is 19.9. The van der Waals surface area contributed by atoms with Crippen molar-refractivity contribution in [3.8, 4) is 34.5 Å².